The van der Waals surface area contributed by atoms with Crippen LogP contribution in [0.2, 0.25) is 0 Å². The van der Waals surface area contributed by atoms with Crippen LogP contribution in [0.25, 0.3) is 0 Å². The van der Waals surface area contributed by atoms with Gasteiger partial charge in [0.15, 0.2) is 0 Å². The van der Waals surface area contributed by atoms with Gasteiger partial charge in [0.25, 0.3) is 0 Å². The molecule has 1 aromatic rings. The summed E-state index contributed by atoms with van der Waals surface area (Å²) in [6.07, 6.45) is 7.31. The van der Waals surface area contributed by atoms with Gasteiger partial charge in [0.05, 0.1) is 21.7 Å². The zero-order valence-electron chi connectivity index (χ0n) is 10.2. The maximum atomic E-state index is 10.4. The largest absolute Gasteiger partial charge is 0.387 e. The van der Waals surface area contributed by atoms with Crippen molar-refractivity contribution in [3.63, 3.8) is 0 Å². The molecule has 1 N–H and O–H groups in total. The van der Waals surface area contributed by atoms with Crippen molar-refractivity contribution in [2.24, 2.45) is 5.92 Å². The minimum atomic E-state index is -0.274. The Hall–Kier alpha value is -0.410. The molecule has 90 valence electrons. The minimum Gasteiger partial charge on any atom is -0.387 e. The van der Waals surface area contributed by atoms with E-state index >= 15 is 0 Å². The molecule has 1 fully saturated rings. The summed E-state index contributed by atoms with van der Waals surface area (Å²) in [7, 11) is 0. The fourth-order valence-corrected chi connectivity index (χ4v) is 3.67. The van der Waals surface area contributed by atoms with Gasteiger partial charge < -0.3 is 5.11 Å². The molecule has 0 aliphatic heterocycles. The summed E-state index contributed by atoms with van der Waals surface area (Å²) in [6, 6.07) is 0. The second kappa shape index (κ2) is 5.28. The van der Waals surface area contributed by atoms with Gasteiger partial charge in [0.2, 0.25) is 0 Å². The molecule has 0 bridgehead atoms. The molecule has 0 amide bonds. The number of thiazole rings is 1. The highest BCUT2D eigenvalue weighted by molar-refractivity contribution is 7.11. The third kappa shape index (κ3) is 2.64. The van der Waals surface area contributed by atoms with Crippen LogP contribution >= 0.6 is 11.3 Å². The number of aliphatic hydroxyl groups excluding tert-OH is 1. The molecule has 2 nitrogen and oxygen atoms in total. The molecule has 1 aliphatic rings. The summed E-state index contributed by atoms with van der Waals surface area (Å²) in [5, 5.41) is 11.5. The molecule has 3 heteroatoms. The third-order valence-electron chi connectivity index (χ3n) is 3.55. The minimum absolute atomic E-state index is 0.274. The Kier molecular flexibility index (Phi) is 3.98. The van der Waals surface area contributed by atoms with Crippen molar-refractivity contribution < 1.29 is 5.11 Å². The number of aromatic nitrogens is 1. The van der Waals surface area contributed by atoms with Crippen LogP contribution in [0.15, 0.2) is 0 Å². The SMILES string of the molecule is Cc1nc(C)c(C(O)C2CCCCCC2)s1. The summed E-state index contributed by atoms with van der Waals surface area (Å²) in [5.74, 6) is 0.459. The van der Waals surface area contributed by atoms with Crippen molar-refractivity contribution in [2.45, 2.75) is 58.5 Å². The molecule has 1 aliphatic carbocycles. The monoisotopic (exact) mass is 239 g/mol. The number of hydrogen-bond donors (Lipinski definition) is 1. The van der Waals surface area contributed by atoms with Crippen LogP contribution in [0, 0.1) is 19.8 Å². The topological polar surface area (TPSA) is 33.1 Å². The van der Waals surface area contributed by atoms with Crippen molar-refractivity contribution in [1.29, 1.82) is 0 Å². The lowest BCUT2D eigenvalue weighted by Crippen LogP contribution is -2.11. The van der Waals surface area contributed by atoms with Crippen LogP contribution in [0.5, 0.6) is 0 Å². The molecule has 1 heterocycles. The molecule has 16 heavy (non-hydrogen) atoms. The fraction of sp³-hybridized carbons (Fsp3) is 0.769. The van der Waals surface area contributed by atoms with Gasteiger partial charge in [0, 0.05) is 0 Å². The molecule has 1 saturated carbocycles. The van der Waals surface area contributed by atoms with Gasteiger partial charge >= 0.3 is 0 Å². The first-order valence-corrected chi connectivity index (χ1v) is 7.12. The van der Waals surface area contributed by atoms with E-state index in [9.17, 15) is 5.11 Å². The average molecular weight is 239 g/mol. The predicted octanol–water partition coefficient (Wildman–Crippen LogP) is 3.76. The Labute approximate surface area is 102 Å². The predicted molar refractivity (Wildman–Crippen MR) is 67.7 cm³/mol. The average Bonchev–Trinajstić information content (AvgIpc) is 2.49. The second-order valence-corrected chi connectivity index (χ2v) is 6.11. The smallest absolute Gasteiger partial charge is 0.0928 e. The van der Waals surface area contributed by atoms with Crippen LogP contribution < -0.4 is 0 Å². The van der Waals surface area contributed by atoms with E-state index in [0.717, 1.165) is 15.6 Å². The van der Waals surface area contributed by atoms with E-state index < -0.39 is 0 Å². The lowest BCUT2D eigenvalue weighted by atomic mass is 9.92. The number of aliphatic hydroxyl groups is 1. The van der Waals surface area contributed by atoms with E-state index in [2.05, 4.69) is 4.98 Å². The third-order valence-corrected chi connectivity index (χ3v) is 4.70. The second-order valence-electron chi connectivity index (χ2n) is 4.88. The molecular weight excluding hydrogens is 218 g/mol. The van der Waals surface area contributed by atoms with Crippen molar-refractivity contribution in [3.8, 4) is 0 Å². The summed E-state index contributed by atoms with van der Waals surface area (Å²) >= 11 is 1.66. The van der Waals surface area contributed by atoms with Crippen LogP contribution in [0.4, 0.5) is 0 Å². The van der Waals surface area contributed by atoms with Crippen molar-refractivity contribution in [2.75, 3.05) is 0 Å². The van der Waals surface area contributed by atoms with E-state index in [-0.39, 0.29) is 6.10 Å². The van der Waals surface area contributed by atoms with Gasteiger partial charge in [-0.05, 0) is 32.6 Å². The van der Waals surface area contributed by atoms with Gasteiger partial charge in [0.1, 0.15) is 0 Å². The molecule has 0 spiro atoms. The van der Waals surface area contributed by atoms with E-state index in [0.29, 0.717) is 5.92 Å². The molecule has 0 saturated heterocycles. The standard InChI is InChI=1S/C13H21NOS/c1-9-13(16-10(2)14-9)12(15)11-7-5-3-4-6-8-11/h11-12,15H,3-8H2,1-2H3. The maximum absolute atomic E-state index is 10.4. The Morgan fingerprint density at radius 3 is 2.31 bits per heavy atom. The molecular formula is C13H21NOS. The molecule has 1 aromatic heterocycles. The quantitative estimate of drug-likeness (QED) is 0.797. The molecule has 2 rings (SSSR count). The fourth-order valence-electron chi connectivity index (χ4n) is 2.66. The van der Waals surface area contributed by atoms with Gasteiger partial charge in [-0.15, -0.1) is 11.3 Å². The number of rotatable bonds is 2. The number of hydrogen-bond acceptors (Lipinski definition) is 3. The molecule has 0 aromatic carbocycles. The zero-order chi connectivity index (χ0) is 11.5. The van der Waals surface area contributed by atoms with Gasteiger partial charge in [-0.1, -0.05) is 25.7 Å². The Morgan fingerprint density at radius 2 is 1.81 bits per heavy atom. The Bertz CT molecular complexity index is 340. The van der Waals surface area contributed by atoms with Crippen LogP contribution in [0.3, 0.4) is 0 Å². The highest BCUT2D eigenvalue weighted by atomic mass is 32.1. The first kappa shape index (κ1) is 12.1. The van der Waals surface area contributed by atoms with Crippen molar-refractivity contribution in [3.05, 3.63) is 15.6 Å². The molecule has 1 unspecified atom stereocenters. The van der Waals surface area contributed by atoms with Crippen molar-refractivity contribution in [1.82, 2.24) is 4.98 Å². The van der Waals surface area contributed by atoms with Gasteiger partial charge in [-0.25, -0.2) is 4.98 Å². The first-order chi connectivity index (χ1) is 7.68. The maximum Gasteiger partial charge on any atom is 0.0928 e. The van der Waals surface area contributed by atoms with E-state index in [1.54, 1.807) is 11.3 Å². The number of nitrogens with zero attached hydrogens (tertiary/aromatic N) is 1. The first-order valence-electron chi connectivity index (χ1n) is 6.30. The van der Waals surface area contributed by atoms with E-state index in [4.69, 9.17) is 0 Å². The van der Waals surface area contributed by atoms with E-state index in [1.165, 1.54) is 38.5 Å². The lowest BCUT2D eigenvalue weighted by Gasteiger charge is -2.20. The van der Waals surface area contributed by atoms with Gasteiger partial charge in [-0.2, -0.15) is 0 Å². The van der Waals surface area contributed by atoms with Crippen LogP contribution in [0.1, 0.15) is 60.2 Å². The Morgan fingerprint density at radius 1 is 1.19 bits per heavy atom. The molecule has 1 atom stereocenters. The van der Waals surface area contributed by atoms with Crippen LogP contribution in [-0.2, 0) is 0 Å². The highest BCUT2D eigenvalue weighted by Gasteiger charge is 2.25. The summed E-state index contributed by atoms with van der Waals surface area (Å²) < 4.78 is 0. The zero-order valence-corrected chi connectivity index (χ0v) is 11.0. The van der Waals surface area contributed by atoms with Crippen molar-refractivity contribution >= 4 is 11.3 Å². The van der Waals surface area contributed by atoms with Gasteiger partial charge in [-0.3, -0.25) is 0 Å². The highest BCUT2D eigenvalue weighted by Crippen LogP contribution is 2.36. The number of aryl methyl sites for hydroxylation is 2. The summed E-state index contributed by atoms with van der Waals surface area (Å²) in [5.41, 5.74) is 1.03. The summed E-state index contributed by atoms with van der Waals surface area (Å²) in [4.78, 5) is 5.51. The molecule has 0 radical (unpaired) electrons. The summed E-state index contributed by atoms with van der Waals surface area (Å²) in [6.45, 7) is 4.03. The Balaban J connectivity index is 2.10. The lowest BCUT2D eigenvalue weighted by molar-refractivity contribution is 0.101. The van der Waals surface area contributed by atoms with E-state index in [1.807, 2.05) is 13.8 Å². The van der Waals surface area contributed by atoms with Crippen LogP contribution in [-0.4, -0.2) is 10.1 Å². The normalized spacial score (nSPS) is 20.7.